The van der Waals surface area contributed by atoms with E-state index in [0.717, 1.165) is 12.8 Å². The summed E-state index contributed by atoms with van der Waals surface area (Å²) in [6, 6.07) is 4.67. The number of benzene rings is 1. The molecular formula is C16H12BrF2N3O3. The van der Waals surface area contributed by atoms with Crippen LogP contribution < -0.4 is 15.0 Å². The van der Waals surface area contributed by atoms with Gasteiger partial charge in [-0.3, -0.25) is 4.79 Å². The predicted octanol–water partition coefficient (Wildman–Crippen LogP) is 3.82. The van der Waals surface area contributed by atoms with Crippen LogP contribution in [0.4, 0.5) is 8.78 Å². The standard InChI is InChI=1S/C16H12BrF2N3O3/c17-13-12-9(6-20-22-15(12)23)21-14(13)7-1-4-10(25-16(18)19)11(5-7)24-8-2-3-8/h1,4-6,8,16,21H,2-3H2,(H,22,23). The quantitative estimate of drug-likeness (QED) is 0.668. The molecular weight excluding hydrogens is 400 g/mol. The van der Waals surface area contributed by atoms with Crippen LogP contribution in [0.25, 0.3) is 22.2 Å². The fourth-order valence-corrected chi connectivity index (χ4v) is 3.26. The maximum atomic E-state index is 12.6. The van der Waals surface area contributed by atoms with Gasteiger partial charge in [0.25, 0.3) is 5.56 Å². The summed E-state index contributed by atoms with van der Waals surface area (Å²) in [5.74, 6) is 0.232. The fourth-order valence-electron chi connectivity index (χ4n) is 2.54. The molecule has 4 rings (SSSR count). The van der Waals surface area contributed by atoms with Crippen LogP contribution in [0.1, 0.15) is 12.8 Å². The molecule has 1 fully saturated rings. The monoisotopic (exact) mass is 411 g/mol. The Morgan fingerprint density at radius 2 is 2.08 bits per heavy atom. The van der Waals surface area contributed by atoms with Crippen molar-refractivity contribution in [3.05, 3.63) is 39.2 Å². The van der Waals surface area contributed by atoms with Gasteiger partial charge in [-0.05, 0) is 47.0 Å². The first-order valence-corrected chi connectivity index (χ1v) is 8.33. The van der Waals surface area contributed by atoms with Crippen LogP contribution in [0.3, 0.4) is 0 Å². The Morgan fingerprint density at radius 1 is 1.28 bits per heavy atom. The van der Waals surface area contributed by atoms with Crippen LogP contribution in [0.15, 0.2) is 33.7 Å². The number of alkyl halides is 2. The van der Waals surface area contributed by atoms with E-state index in [2.05, 4.69) is 35.8 Å². The van der Waals surface area contributed by atoms with E-state index in [1.807, 2.05) is 0 Å². The van der Waals surface area contributed by atoms with Crippen LogP contribution in [-0.4, -0.2) is 27.9 Å². The first kappa shape index (κ1) is 16.1. The molecule has 2 aromatic heterocycles. The summed E-state index contributed by atoms with van der Waals surface area (Å²) in [4.78, 5) is 15.0. The second-order valence-electron chi connectivity index (χ2n) is 5.66. The summed E-state index contributed by atoms with van der Waals surface area (Å²) >= 11 is 3.41. The predicted molar refractivity (Wildman–Crippen MR) is 90.1 cm³/mol. The van der Waals surface area contributed by atoms with Gasteiger partial charge in [-0.15, -0.1) is 0 Å². The van der Waals surface area contributed by atoms with Crippen molar-refractivity contribution in [1.82, 2.24) is 15.2 Å². The van der Waals surface area contributed by atoms with E-state index in [9.17, 15) is 13.6 Å². The van der Waals surface area contributed by atoms with Crippen molar-refractivity contribution >= 4 is 26.8 Å². The zero-order chi connectivity index (χ0) is 17.6. The SMILES string of the molecule is O=c1[nH]ncc2[nH]c(-c3ccc(OC(F)F)c(OC4CC4)c3)c(Br)c12. The summed E-state index contributed by atoms with van der Waals surface area (Å²) in [5.41, 5.74) is 1.51. The molecule has 0 bridgehead atoms. The third-order valence-corrected chi connectivity index (χ3v) is 4.61. The van der Waals surface area contributed by atoms with Crippen molar-refractivity contribution in [3.8, 4) is 22.8 Å². The summed E-state index contributed by atoms with van der Waals surface area (Å²) in [6.45, 7) is -2.93. The number of hydrogen-bond acceptors (Lipinski definition) is 4. The van der Waals surface area contributed by atoms with Gasteiger partial charge in [-0.1, -0.05) is 0 Å². The van der Waals surface area contributed by atoms with E-state index in [-0.39, 0.29) is 23.2 Å². The van der Waals surface area contributed by atoms with Gasteiger partial charge in [-0.25, -0.2) is 5.10 Å². The van der Waals surface area contributed by atoms with E-state index < -0.39 is 6.61 Å². The van der Waals surface area contributed by atoms with Crippen molar-refractivity contribution < 1.29 is 18.3 Å². The Kier molecular flexibility index (Phi) is 3.95. The van der Waals surface area contributed by atoms with Gasteiger partial charge in [0.15, 0.2) is 11.5 Å². The molecule has 0 spiro atoms. The number of halogens is 3. The van der Waals surface area contributed by atoms with Crippen LogP contribution in [0.5, 0.6) is 11.5 Å². The number of nitrogens with one attached hydrogen (secondary N) is 2. The minimum Gasteiger partial charge on any atom is -0.487 e. The third-order valence-electron chi connectivity index (χ3n) is 3.82. The normalized spacial score (nSPS) is 14.2. The maximum absolute atomic E-state index is 12.6. The van der Waals surface area contributed by atoms with Gasteiger partial charge >= 0.3 is 6.61 Å². The van der Waals surface area contributed by atoms with Crippen molar-refractivity contribution in [1.29, 1.82) is 0 Å². The minimum atomic E-state index is -2.93. The summed E-state index contributed by atoms with van der Waals surface area (Å²) in [6.07, 6.45) is 3.29. The number of fused-ring (bicyclic) bond motifs is 1. The molecule has 0 amide bonds. The fraction of sp³-hybridized carbons (Fsp3) is 0.250. The molecule has 1 aromatic carbocycles. The van der Waals surface area contributed by atoms with E-state index >= 15 is 0 Å². The molecule has 2 heterocycles. The zero-order valence-corrected chi connectivity index (χ0v) is 14.3. The van der Waals surface area contributed by atoms with Crippen molar-refractivity contribution in [2.45, 2.75) is 25.6 Å². The smallest absolute Gasteiger partial charge is 0.387 e. The largest absolute Gasteiger partial charge is 0.487 e. The molecule has 3 aromatic rings. The van der Waals surface area contributed by atoms with Crippen LogP contribution in [0, 0.1) is 0 Å². The highest BCUT2D eigenvalue weighted by Crippen LogP contribution is 2.40. The number of H-pyrrole nitrogens is 2. The molecule has 1 aliphatic rings. The first-order chi connectivity index (χ1) is 12.0. The molecule has 2 N–H and O–H groups in total. The number of ether oxygens (including phenoxy) is 2. The molecule has 9 heteroatoms. The van der Waals surface area contributed by atoms with E-state index in [1.54, 1.807) is 12.1 Å². The molecule has 0 atom stereocenters. The Morgan fingerprint density at radius 3 is 2.76 bits per heavy atom. The Hall–Kier alpha value is -2.42. The molecule has 1 saturated carbocycles. The lowest BCUT2D eigenvalue weighted by molar-refractivity contribution is -0.0516. The van der Waals surface area contributed by atoms with Gasteiger partial charge in [0, 0.05) is 5.56 Å². The molecule has 0 aliphatic heterocycles. The topological polar surface area (TPSA) is 80.0 Å². The van der Waals surface area contributed by atoms with Gasteiger partial charge < -0.3 is 14.5 Å². The van der Waals surface area contributed by atoms with Crippen LogP contribution >= 0.6 is 15.9 Å². The average molecular weight is 412 g/mol. The number of nitrogens with zero attached hydrogens (tertiary/aromatic N) is 1. The maximum Gasteiger partial charge on any atom is 0.387 e. The number of aromatic nitrogens is 3. The summed E-state index contributed by atoms with van der Waals surface area (Å²) in [5, 5.41) is 6.56. The highest BCUT2D eigenvalue weighted by molar-refractivity contribution is 9.10. The zero-order valence-electron chi connectivity index (χ0n) is 12.7. The molecule has 0 unspecified atom stereocenters. The Bertz CT molecular complexity index is 998. The van der Waals surface area contributed by atoms with Gasteiger partial charge in [0.1, 0.15) is 0 Å². The van der Waals surface area contributed by atoms with Gasteiger partial charge in [-0.2, -0.15) is 13.9 Å². The molecule has 6 nitrogen and oxygen atoms in total. The summed E-state index contributed by atoms with van der Waals surface area (Å²) < 4.78 is 36.0. The first-order valence-electron chi connectivity index (χ1n) is 7.53. The average Bonchev–Trinajstić information content (AvgIpc) is 3.31. The summed E-state index contributed by atoms with van der Waals surface area (Å²) in [7, 11) is 0. The number of hydrogen-bond donors (Lipinski definition) is 2. The minimum absolute atomic E-state index is 0.0163. The highest BCUT2D eigenvalue weighted by Gasteiger charge is 2.26. The van der Waals surface area contributed by atoms with Crippen LogP contribution in [-0.2, 0) is 0 Å². The van der Waals surface area contributed by atoms with Gasteiger partial charge in [0.2, 0.25) is 0 Å². The molecule has 130 valence electrons. The van der Waals surface area contributed by atoms with Crippen molar-refractivity contribution in [2.75, 3.05) is 0 Å². The second-order valence-corrected chi connectivity index (χ2v) is 6.45. The number of rotatable bonds is 5. The molecule has 0 saturated heterocycles. The lowest BCUT2D eigenvalue weighted by atomic mass is 10.1. The highest BCUT2D eigenvalue weighted by atomic mass is 79.9. The van der Waals surface area contributed by atoms with E-state index in [1.165, 1.54) is 12.3 Å². The van der Waals surface area contributed by atoms with E-state index in [4.69, 9.17) is 4.74 Å². The molecule has 0 radical (unpaired) electrons. The second kappa shape index (κ2) is 6.14. The van der Waals surface area contributed by atoms with E-state index in [0.29, 0.717) is 26.6 Å². The number of aromatic amines is 2. The lowest BCUT2D eigenvalue weighted by Gasteiger charge is -2.13. The third kappa shape index (κ3) is 3.11. The Labute approximate surface area is 148 Å². The Balaban J connectivity index is 1.81. The van der Waals surface area contributed by atoms with Gasteiger partial charge in [0.05, 0.1) is 33.4 Å². The van der Waals surface area contributed by atoms with Crippen LogP contribution in [0.2, 0.25) is 0 Å². The van der Waals surface area contributed by atoms with Crippen molar-refractivity contribution in [3.63, 3.8) is 0 Å². The lowest BCUT2D eigenvalue weighted by Crippen LogP contribution is -2.06. The van der Waals surface area contributed by atoms with Crippen molar-refractivity contribution in [2.24, 2.45) is 0 Å². The molecule has 1 aliphatic carbocycles. The molecule has 25 heavy (non-hydrogen) atoms.